The minimum absolute atomic E-state index is 0.179. The van der Waals surface area contributed by atoms with Crippen molar-refractivity contribution in [3.8, 4) is 0 Å². The lowest BCUT2D eigenvalue weighted by atomic mass is 10.2. The Morgan fingerprint density at radius 2 is 2.27 bits per heavy atom. The fourth-order valence-electron chi connectivity index (χ4n) is 0.921. The van der Waals surface area contributed by atoms with Crippen molar-refractivity contribution < 1.29 is 0 Å². The van der Waals surface area contributed by atoms with Crippen LogP contribution in [-0.4, -0.2) is 4.57 Å². The number of rotatable bonds is 1. The molecule has 0 spiro atoms. The summed E-state index contributed by atoms with van der Waals surface area (Å²) in [4.78, 5) is 11.0. The van der Waals surface area contributed by atoms with Crippen molar-refractivity contribution >= 4 is 5.69 Å². The van der Waals surface area contributed by atoms with Gasteiger partial charge in [0, 0.05) is 19.8 Å². The van der Waals surface area contributed by atoms with Gasteiger partial charge >= 0.3 is 0 Å². The third kappa shape index (κ3) is 1.40. The van der Waals surface area contributed by atoms with E-state index in [4.69, 9.17) is 11.5 Å². The molecule has 0 amide bonds. The molecule has 0 aliphatic heterocycles. The zero-order chi connectivity index (χ0) is 8.43. The Bertz CT molecular complexity index is 290. The first-order valence-electron chi connectivity index (χ1n) is 3.30. The van der Waals surface area contributed by atoms with E-state index in [9.17, 15) is 4.79 Å². The molecule has 0 aromatic carbocycles. The zero-order valence-electron chi connectivity index (χ0n) is 6.37. The van der Waals surface area contributed by atoms with Crippen LogP contribution < -0.4 is 17.0 Å². The maximum Gasteiger partial charge on any atom is 0.273 e. The molecule has 4 nitrogen and oxygen atoms in total. The molecule has 0 saturated heterocycles. The highest BCUT2D eigenvalue weighted by molar-refractivity contribution is 5.37. The van der Waals surface area contributed by atoms with Crippen LogP contribution in [0.4, 0.5) is 5.69 Å². The van der Waals surface area contributed by atoms with Crippen LogP contribution in [0, 0.1) is 0 Å². The number of hydrogen-bond acceptors (Lipinski definition) is 3. The normalized spacial score (nSPS) is 10.0. The minimum atomic E-state index is -0.179. The van der Waals surface area contributed by atoms with E-state index in [0.717, 1.165) is 5.56 Å². The second kappa shape index (κ2) is 2.75. The number of nitrogens with two attached hydrogens (primary N) is 2. The van der Waals surface area contributed by atoms with Gasteiger partial charge in [0.2, 0.25) is 0 Å². The third-order valence-electron chi connectivity index (χ3n) is 1.50. The number of anilines is 1. The molecule has 0 saturated carbocycles. The van der Waals surface area contributed by atoms with Gasteiger partial charge in [0.15, 0.2) is 0 Å². The van der Waals surface area contributed by atoms with E-state index in [0.29, 0.717) is 6.54 Å². The van der Waals surface area contributed by atoms with Gasteiger partial charge in [-0.05, 0) is 11.6 Å². The molecular weight excluding hydrogens is 142 g/mol. The number of aromatic nitrogens is 1. The van der Waals surface area contributed by atoms with E-state index < -0.39 is 0 Å². The molecule has 1 aromatic rings. The van der Waals surface area contributed by atoms with E-state index in [2.05, 4.69) is 0 Å². The summed E-state index contributed by atoms with van der Waals surface area (Å²) < 4.78 is 1.43. The van der Waals surface area contributed by atoms with Gasteiger partial charge in [0.1, 0.15) is 0 Å². The van der Waals surface area contributed by atoms with E-state index in [1.807, 2.05) is 0 Å². The lowest BCUT2D eigenvalue weighted by molar-refractivity contribution is 0.842. The fraction of sp³-hybridized carbons (Fsp3) is 0.286. The molecule has 1 aromatic heterocycles. The van der Waals surface area contributed by atoms with Crippen LogP contribution in [0.25, 0.3) is 0 Å². The highest BCUT2D eigenvalue weighted by Crippen LogP contribution is 1.98. The van der Waals surface area contributed by atoms with Crippen LogP contribution in [0.15, 0.2) is 17.1 Å². The quantitative estimate of drug-likeness (QED) is 0.567. The maximum atomic E-state index is 11.0. The molecule has 4 heteroatoms. The lowest BCUT2D eigenvalue weighted by Gasteiger charge is -2.02. The predicted molar refractivity (Wildman–Crippen MR) is 44.0 cm³/mol. The number of nitrogen functional groups attached to an aromatic ring is 1. The summed E-state index contributed by atoms with van der Waals surface area (Å²) in [5.74, 6) is 0. The number of aryl methyl sites for hydroxylation is 1. The van der Waals surface area contributed by atoms with Gasteiger partial charge in [-0.15, -0.1) is 0 Å². The van der Waals surface area contributed by atoms with E-state index >= 15 is 0 Å². The summed E-state index contributed by atoms with van der Waals surface area (Å²) in [5.41, 5.74) is 11.7. The number of pyridine rings is 1. The molecule has 1 heterocycles. The molecule has 0 fully saturated rings. The summed E-state index contributed by atoms with van der Waals surface area (Å²) >= 11 is 0. The molecule has 0 atom stereocenters. The highest BCUT2D eigenvalue weighted by Gasteiger charge is 1.98. The Balaban J connectivity index is 3.32. The first kappa shape index (κ1) is 7.81. The molecule has 60 valence electrons. The van der Waals surface area contributed by atoms with E-state index in [1.54, 1.807) is 19.3 Å². The summed E-state index contributed by atoms with van der Waals surface area (Å²) in [5, 5.41) is 0. The van der Waals surface area contributed by atoms with Gasteiger partial charge in [-0.1, -0.05) is 0 Å². The number of hydrogen-bond donors (Lipinski definition) is 2. The second-order valence-electron chi connectivity index (χ2n) is 2.42. The van der Waals surface area contributed by atoms with Crippen molar-refractivity contribution in [3.63, 3.8) is 0 Å². The van der Waals surface area contributed by atoms with Crippen LogP contribution >= 0.6 is 0 Å². The van der Waals surface area contributed by atoms with Crippen LogP contribution in [0.5, 0.6) is 0 Å². The van der Waals surface area contributed by atoms with E-state index in [-0.39, 0.29) is 11.2 Å². The Labute approximate surface area is 64.4 Å². The topological polar surface area (TPSA) is 74.0 Å². The van der Waals surface area contributed by atoms with Crippen LogP contribution in [0.3, 0.4) is 0 Å². The smallest absolute Gasteiger partial charge is 0.273 e. The van der Waals surface area contributed by atoms with Crippen molar-refractivity contribution in [3.05, 3.63) is 28.2 Å². The molecule has 0 aliphatic rings. The molecule has 0 aliphatic carbocycles. The van der Waals surface area contributed by atoms with Crippen LogP contribution in [0.1, 0.15) is 5.56 Å². The zero-order valence-corrected chi connectivity index (χ0v) is 6.37. The van der Waals surface area contributed by atoms with Crippen LogP contribution in [-0.2, 0) is 13.6 Å². The number of nitrogens with zero attached hydrogens (tertiary/aromatic N) is 1. The maximum absolute atomic E-state index is 11.0. The van der Waals surface area contributed by atoms with Crippen molar-refractivity contribution in [2.75, 3.05) is 5.73 Å². The largest absolute Gasteiger partial charge is 0.394 e. The Morgan fingerprint density at radius 3 is 2.73 bits per heavy atom. The van der Waals surface area contributed by atoms with Crippen molar-refractivity contribution in [2.24, 2.45) is 12.8 Å². The summed E-state index contributed by atoms with van der Waals surface area (Å²) in [6.45, 7) is 0.401. The Hall–Kier alpha value is -1.29. The molecule has 1 rings (SSSR count). The van der Waals surface area contributed by atoms with Gasteiger partial charge in [-0.2, -0.15) is 0 Å². The first-order valence-corrected chi connectivity index (χ1v) is 3.30. The summed E-state index contributed by atoms with van der Waals surface area (Å²) in [6, 6.07) is 1.60. The second-order valence-corrected chi connectivity index (χ2v) is 2.42. The molecule has 0 bridgehead atoms. The molecule has 11 heavy (non-hydrogen) atoms. The van der Waals surface area contributed by atoms with Gasteiger partial charge in [0.25, 0.3) is 5.56 Å². The molecule has 4 N–H and O–H groups in total. The van der Waals surface area contributed by atoms with Crippen molar-refractivity contribution in [1.82, 2.24) is 4.57 Å². The van der Waals surface area contributed by atoms with E-state index in [1.165, 1.54) is 4.57 Å². The fourth-order valence-corrected chi connectivity index (χ4v) is 0.921. The minimum Gasteiger partial charge on any atom is -0.394 e. The Kier molecular flexibility index (Phi) is 1.96. The third-order valence-corrected chi connectivity index (χ3v) is 1.50. The predicted octanol–water partition coefficient (Wildman–Crippen LogP) is -0.574. The average molecular weight is 153 g/mol. The Morgan fingerprint density at radius 1 is 1.64 bits per heavy atom. The van der Waals surface area contributed by atoms with Gasteiger partial charge in [-0.3, -0.25) is 4.79 Å². The average Bonchev–Trinajstić information content (AvgIpc) is 1.99. The monoisotopic (exact) mass is 153 g/mol. The SMILES string of the molecule is Cn1cc(CN)cc(N)c1=O. The highest BCUT2D eigenvalue weighted by atomic mass is 16.1. The molecule has 0 unspecified atom stereocenters. The lowest BCUT2D eigenvalue weighted by Crippen LogP contribution is -2.20. The molecule has 0 radical (unpaired) electrons. The van der Waals surface area contributed by atoms with Crippen molar-refractivity contribution in [2.45, 2.75) is 6.54 Å². The standard InChI is InChI=1S/C7H11N3O/c1-10-4-5(3-8)2-6(9)7(10)11/h2,4H,3,8-9H2,1H3. The van der Waals surface area contributed by atoms with Gasteiger partial charge < -0.3 is 16.0 Å². The first-order chi connectivity index (χ1) is 5.15. The summed E-state index contributed by atoms with van der Waals surface area (Å²) in [6.07, 6.45) is 1.68. The van der Waals surface area contributed by atoms with Crippen molar-refractivity contribution in [1.29, 1.82) is 0 Å². The molecular formula is C7H11N3O. The van der Waals surface area contributed by atoms with Crippen LogP contribution in [0.2, 0.25) is 0 Å². The van der Waals surface area contributed by atoms with Gasteiger partial charge in [-0.25, -0.2) is 0 Å². The van der Waals surface area contributed by atoms with Gasteiger partial charge in [0.05, 0.1) is 5.69 Å². The summed E-state index contributed by atoms with van der Waals surface area (Å²) in [7, 11) is 1.65.